The third-order valence-electron chi connectivity index (χ3n) is 17.1. The predicted molar refractivity (Wildman–Crippen MR) is 220 cm³/mol. The van der Waals surface area contributed by atoms with E-state index >= 15 is 0 Å². The highest BCUT2D eigenvalue weighted by Crippen LogP contribution is 2.68. The quantitative estimate of drug-likeness (QED) is 0.0681. The zero-order valence-corrected chi connectivity index (χ0v) is 37.6. The zero-order chi connectivity index (χ0) is 46.4. The molecule has 19 heteroatoms. The molecule has 3 saturated heterocycles. The first-order chi connectivity index (χ1) is 30.4. The van der Waals surface area contributed by atoms with Crippen molar-refractivity contribution in [1.29, 1.82) is 0 Å². The second-order valence-corrected chi connectivity index (χ2v) is 20.7. The van der Waals surface area contributed by atoms with Crippen molar-refractivity contribution in [3.05, 3.63) is 0 Å². The third kappa shape index (κ3) is 9.69. The molecule has 64 heavy (non-hydrogen) atoms. The Morgan fingerprint density at radius 2 is 1.23 bits per heavy atom. The van der Waals surface area contributed by atoms with Gasteiger partial charge in [-0.05, 0) is 105 Å². The molecule has 25 unspecified atom stereocenters. The third-order valence-corrected chi connectivity index (χ3v) is 17.1. The van der Waals surface area contributed by atoms with Gasteiger partial charge in [-0.1, -0.05) is 27.7 Å². The van der Waals surface area contributed by atoms with Crippen LogP contribution in [0.3, 0.4) is 0 Å². The molecular weight excluding hydrogens is 844 g/mol. The van der Waals surface area contributed by atoms with Crippen LogP contribution in [0.4, 0.5) is 0 Å². The summed E-state index contributed by atoms with van der Waals surface area (Å²) in [5.74, 6) is 1.51. The van der Waals surface area contributed by atoms with E-state index < -0.39 is 112 Å². The van der Waals surface area contributed by atoms with Gasteiger partial charge in [-0.15, -0.1) is 0 Å². The summed E-state index contributed by atoms with van der Waals surface area (Å²) < 4.78 is 41.4. The Kier molecular flexibility index (Phi) is 16.5. The fourth-order valence-corrected chi connectivity index (χ4v) is 13.3. The summed E-state index contributed by atoms with van der Waals surface area (Å²) in [6.45, 7) is 7.17. The molecule has 25 atom stereocenters. The molecule has 3 aliphatic heterocycles. The number of carbonyl (C=O) groups is 1. The highest BCUT2D eigenvalue weighted by Gasteiger charge is 2.63. The number of fused-ring (bicyclic) bond motifs is 5. The molecule has 7 fully saturated rings. The Balaban J connectivity index is 0.941. The van der Waals surface area contributed by atoms with Crippen molar-refractivity contribution in [2.24, 2.45) is 46.3 Å². The number of aliphatic hydroxyl groups excluding tert-OH is 11. The van der Waals surface area contributed by atoms with Gasteiger partial charge in [0.1, 0.15) is 79.4 Å². The summed E-state index contributed by atoms with van der Waals surface area (Å²) in [6.07, 6.45) is -13.6. The van der Waals surface area contributed by atoms with Gasteiger partial charge < -0.3 is 89.3 Å². The van der Waals surface area contributed by atoms with E-state index in [-0.39, 0.29) is 53.9 Å². The molecule has 4 aliphatic carbocycles. The van der Waals surface area contributed by atoms with Gasteiger partial charge in [-0.25, -0.2) is 0 Å². The number of ether oxygens (including phenoxy) is 7. The van der Waals surface area contributed by atoms with Gasteiger partial charge in [-0.2, -0.15) is 0 Å². The lowest BCUT2D eigenvalue weighted by Gasteiger charge is -2.61. The Morgan fingerprint density at radius 3 is 1.86 bits per heavy atom. The number of hydrogen-bond acceptors (Lipinski definition) is 19. The lowest BCUT2D eigenvalue weighted by atomic mass is 9.44. The van der Waals surface area contributed by atoms with Crippen molar-refractivity contribution < 1.29 is 94.1 Å². The van der Waals surface area contributed by atoms with Crippen molar-refractivity contribution in [3.8, 4) is 0 Å². The van der Waals surface area contributed by atoms with Crippen LogP contribution in [0.2, 0.25) is 0 Å². The van der Waals surface area contributed by atoms with E-state index in [1.54, 1.807) is 0 Å². The first-order valence-electron chi connectivity index (χ1n) is 23.8. The van der Waals surface area contributed by atoms with Gasteiger partial charge in [0.15, 0.2) is 18.9 Å². The van der Waals surface area contributed by atoms with Crippen LogP contribution in [0.15, 0.2) is 0 Å². The molecule has 19 nitrogen and oxygen atoms in total. The number of esters is 1. The Morgan fingerprint density at radius 1 is 0.656 bits per heavy atom. The molecule has 7 aliphatic rings. The molecule has 4 saturated carbocycles. The van der Waals surface area contributed by atoms with Crippen LogP contribution in [0.1, 0.15) is 98.3 Å². The standard InChI is InChI=1S/C45H76O19/c1-5-24-27(60-31(49)9-6-20(2)19-58-41-38(56)35(53)32(50)28(16-46)61-41)15-26-23-8-7-21-14-22(10-12-44(21,3)25(23)11-13-45(24,26)4)59-43-40(37(55)34(52)30(18-48)63-43)64-42-39(57)36(54)33(51)29(17-47)62-42/h20-30,32-43,46-48,50-57H,5-19H2,1-4H3. The molecule has 0 radical (unpaired) electrons. The molecule has 3 heterocycles. The van der Waals surface area contributed by atoms with Crippen molar-refractivity contribution in [2.45, 2.75) is 203 Å². The van der Waals surface area contributed by atoms with Crippen LogP contribution >= 0.6 is 0 Å². The highest BCUT2D eigenvalue weighted by molar-refractivity contribution is 5.69. The fourth-order valence-electron chi connectivity index (χ4n) is 13.3. The van der Waals surface area contributed by atoms with Crippen LogP contribution < -0.4 is 0 Å². The summed E-state index contributed by atoms with van der Waals surface area (Å²) in [4.78, 5) is 13.4. The number of aliphatic hydroxyl groups is 11. The van der Waals surface area contributed by atoms with Crippen LogP contribution in [0.25, 0.3) is 0 Å². The molecule has 7 rings (SSSR count). The Bertz CT molecular complexity index is 1520. The second-order valence-electron chi connectivity index (χ2n) is 20.7. The smallest absolute Gasteiger partial charge is 0.306 e. The topological polar surface area (TPSA) is 304 Å². The highest BCUT2D eigenvalue weighted by atomic mass is 16.8. The van der Waals surface area contributed by atoms with Crippen LogP contribution in [-0.2, 0) is 38.0 Å². The average molecular weight is 921 g/mol. The minimum atomic E-state index is -1.76. The van der Waals surface area contributed by atoms with E-state index in [2.05, 4.69) is 20.8 Å². The van der Waals surface area contributed by atoms with Gasteiger partial charge in [0.2, 0.25) is 0 Å². The van der Waals surface area contributed by atoms with Crippen molar-refractivity contribution in [2.75, 3.05) is 26.4 Å². The summed E-state index contributed by atoms with van der Waals surface area (Å²) >= 11 is 0. The van der Waals surface area contributed by atoms with Gasteiger partial charge in [0.25, 0.3) is 0 Å². The van der Waals surface area contributed by atoms with Crippen molar-refractivity contribution >= 4 is 5.97 Å². The molecule has 0 bridgehead atoms. The van der Waals surface area contributed by atoms with Crippen LogP contribution in [-0.4, -0.2) is 193 Å². The minimum Gasteiger partial charge on any atom is -0.462 e. The maximum Gasteiger partial charge on any atom is 0.306 e. The lowest BCUT2D eigenvalue weighted by molar-refractivity contribution is -0.373. The number of rotatable bonds is 15. The molecule has 11 N–H and O–H groups in total. The van der Waals surface area contributed by atoms with Gasteiger partial charge in [0.05, 0.1) is 32.5 Å². The molecule has 0 aromatic heterocycles. The van der Waals surface area contributed by atoms with E-state index in [4.69, 9.17) is 33.2 Å². The molecule has 370 valence electrons. The van der Waals surface area contributed by atoms with Crippen molar-refractivity contribution in [1.82, 2.24) is 0 Å². The average Bonchev–Trinajstić information content (AvgIpc) is 3.57. The second kappa shape index (κ2) is 20.8. The molecule has 0 aromatic rings. The first-order valence-corrected chi connectivity index (χ1v) is 23.8. The Hall–Kier alpha value is -1.21. The summed E-state index contributed by atoms with van der Waals surface area (Å²) in [5.41, 5.74) is 0.0528. The maximum atomic E-state index is 13.4. The van der Waals surface area contributed by atoms with Gasteiger partial charge >= 0.3 is 5.97 Å². The van der Waals surface area contributed by atoms with E-state index in [9.17, 15) is 61.0 Å². The van der Waals surface area contributed by atoms with E-state index in [1.807, 2.05) is 6.92 Å². The molecular formula is C45H76O19. The minimum absolute atomic E-state index is 0.0252. The van der Waals surface area contributed by atoms with E-state index in [1.165, 1.54) is 0 Å². The van der Waals surface area contributed by atoms with Gasteiger partial charge in [-0.3, -0.25) is 4.79 Å². The maximum absolute atomic E-state index is 13.4. The summed E-state index contributed by atoms with van der Waals surface area (Å²) in [7, 11) is 0. The molecule has 0 spiro atoms. The van der Waals surface area contributed by atoms with Crippen LogP contribution in [0, 0.1) is 46.3 Å². The Labute approximate surface area is 374 Å². The largest absolute Gasteiger partial charge is 0.462 e. The van der Waals surface area contributed by atoms with Gasteiger partial charge in [0, 0.05) is 12.3 Å². The lowest BCUT2D eigenvalue weighted by Crippen LogP contribution is -2.65. The number of carbonyl (C=O) groups excluding carboxylic acids is 1. The monoisotopic (exact) mass is 920 g/mol. The molecule has 0 amide bonds. The van der Waals surface area contributed by atoms with E-state index in [0.29, 0.717) is 42.9 Å². The summed E-state index contributed by atoms with van der Waals surface area (Å²) in [6, 6.07) is 0. The SMILES string of the molecule is CCC1C(OC(=O)CCC(C)COC2OC(CO)C(O)C(O)C2O)CC2C3CCC4CC(OC5OC(CO)C(O)C(O)C5OC5OC(CO)C(O)C(O)C5O)CCC4(C)C3CCC12C. The molecule has 0 aromatic carbocycles. The summed E-state index contributed by atoms with van der Waals surface area (Å²) in [5, 5.41) is 113. The van der Waals surface area contributed by atoms with E-state index in [0.717, 1.165) is 44.9 Å². The zero-order valence-electron chi connectivity index (χ0n) is 37.6. The normalized spacial score (nSPS) is 51.1. The number of hydrogen-bond donors (Lipinski definition) is 11. The fraction of sp³-hybridized carbons (Fsp3) is 0.978. The van der Waals surface area contributed by atoms with Crippen molar-refractivity contribution in [3.63, 3.8) is 0 Å². The predicted octanol–water partition coefficient (Wildman–Crippen LogP) is -1.18. The van der Waals surface area contributed by atoms with Crippen LogP contribution in [0.5, 0.6) is 0 Å². The first kappa shape index (κ1) is 50.7.